The number of amides is 2. The molecule has 1 unspecified atom stereocenters. The number of nitrogens with one attached hydrogen (secondary N) is 2. The highest BCUT2D eigenvalue weighted by atomic mass is 16.4. The quantitative estimate of drug-likeness (QED) is 0.523. The molecule has 19 heavy (non-hydrogen) atoms. The van der Waals surface area contributed by atoms with Crippen LogP contribution in [0.4, 0.5) is 0 Å². The van der Waals surface area contributed by atoms with Crippen molar-refractivity contribution in [3.05, 3.63) is 48.6 Å². The number of carbonyl (C=O) groups is 3. The van der Waals surface area contributed by atoms with Crippen molar-refractivity contribution in [1.29, 1.82) is 0 Å². The van der Waals surface area contributed by atoms with Gasteiger partial charge in [-0.05, 0) is 5.56 Å². The summed E-state index contributed by atoms with van der Waals surface area (Å²) in [7, 11) is 0. The summed E-state index contributed by atoms with van der Waals surface area (Å²) in [5.41, 5.74) is 0.499. The second-order valence-electron chi connectivity index (χ2n) is 3.66. The zero-order chi connectivity index (χ0) is 14.3. The second-order valence-corrected chi connectivity index (χ2v) is 3.66. The molecule has 6 nitrogen and oxygen atoms in total. The maximum Gasteiger partial charge on any atom is 0.394 e. The molecule has 0 spiro atoms. The molecule has 1 atom stereocenters. The third kappa shape index (κ3) is 4.27. The predicted octanol–water partition coefficient (Wildman–Crippen LogP) is 0.231. The Bertz CT molecular complexity index is 485. The molecule has 0 aliphatic carbocycles. The molecule has 1 aromatic rings. The van der Waals surface area contributed by atoms with Crippen LogP contribution in [-0.4, -0.2) is 29.4 Å². The first kappa shape index (κ1) is 14.4. The maximum absolute atomic E-state index is 11.9. The predicted molar refractivity (Wildman–Crippen MR) is 68.2 cm³/mol. The van der Waals surface area contributed by atoms with Gasteiger partial charge < -0.3 is 15.7 Å². The highest BCUT2D eigenvalue weighted by molar-refractivity contribution is 6.32. The summed E-state index contributed by atoms with van der Waals surface area (Å²) in [6, 6.07) is 7.33. The molecule has 0 radical (unpaired) electrons. The molecule has 100 valence electrons. The maximum atomic E-state index is 11.9. The lowest BCUT2D eigenvalue weighted by Crippen LogP contribution is -2.42. The van der Waals surface area contributed by atoms with Crippen molar-refractivity contribution in [3.63, 3.8) is 0 Å². The summed E-state index contributed by atoms with van der Waals surface area (Å²) in [4.78, 5) is 33.6. The molecule has 0 bridgehead atoms. The van der Waals surface area contributed by atoms with Crippen LogP contribution in [0.5, 0.6) is 0 Å². The topological polar surface area (TPSA) is 95.5 Å². The van der Waals surface area contributed by atoms with Crippen molar-refractivity contribution in [2.24, 2.45) is 0 Å². The van der Waals surface area contributed by atoms with E-state index in [1.807, 2.05) is 0 Å². The molecule has 0 fully saturated rings. The lowest BCUT2D eigenvalue weighted by Gasteiger charge is -2.17. The molecule has 2 amide bonds. The van der Waals surface area contributed by atoms with E-state index in [0.29, 0.717) is 5.56 Å². The van der Waals surface area contributed by atoms with Gasteiger partial charge in [-0.25, -0.2) is 4.79 Å². The Morgan fingerprint density at radius 1 is 1.26 bits per heavy atom. The number of hydrogen-bond donors (Lipinski definition) is 3. The number of carboxylic acid groups (broad SMARTS) is 1. The number of carboxylic acids is 1. The van der Waals surface area contributed by atoms with Gasteiger partial charge in [0.25, 0.3) is 0 Å². The summed E-state index contributed by atoms with van der Waals surface area (Å²) >= 11 is 0. The molecule has 0 saturated heterocycles. The van der Waals surface area contributed by atoms with Crippen LogP contribution in [0.2, 0.25) is 0 Å². The molecular weight excluding hydrogens is 248 g/mol. The smallest absolute Gasteiger partial charge is 0.394 e. The van der Waals surface area contributed by atoms with Crippen molar-refractivity contribution in [1.82, 2.24) is 10.6 Å². The molecule has 3 N–H and O–H groups in total. The highest BCUT2D eigenvalue weighted by Crippen LogP contribution is 2.12. The van der Waals surface area contributed by atoms with Crippen molar-refractivity contribution in [2.45, 2.75) is 6.04 Å². The van der Waals surface area contributed by atoms with Gasteiger partial charge in [0.15, 0.2) is 0 Å². The first-order chi connectivity index (χ1) is 9.06. The zero-order valence-corrected chi connectivity index (χ0v) is 10.1. The fourth-order valence-electron chi connectivity index (χ4n) is 1.41. The molecule has 0 aliphatic heterocycles. The fraction of sp³-hybridized carbons (Fsp3) is 0.154. The molecule has 0 saturated carbocycles. The van der Waals surface area contributed by atoms with Crippen LogP contribution in [-0.2, 0) is 14.4 Å². The normalized spacial score (nSPS) is 11.2. The SMILES string of the molecule is C=CCNC(=O)C(NC(=O)C(=O)O)c1ccccc1. The van der Waals surface area contributed by atoms with Gasteiger partial charge in [0.2, 0.25) is 5.91 Å². The number of rotatable bonds is 5. The molecule has 0 aliphatic rings. The molecule has 6 heteroatoms. The Kier molecular flexibility index (Phi) is 5.28. The summed E-state index contributed by atoms with van der Waals surface area (Å²) in [5, 5.41) is 13.2. The molecule has 1 aromatic carbocycles. The van der Waals surface area contributed by atoms with E-state index < -0.39 is 23.8 Å². The third-order valence-corrected chi connectivity index (χ3v) is 2.29. The molecule has 0 heterocycles. The van der Waals surface area contributed by atoms with Gasteiger partial charge in [0, 0.05) is 6.54 Å². The summed E-state index contributed by atoms with van der Waals surface area (Å²) < 4.78 is 0. The third-order valence-electron chi connectivity index (χ3n) is 2.29. The van der Waals surface area contributed by atoms with Gasteiger partial charge in [-0.3, -0.25) is 9.59 Å². The fourth-order valence-corrected chi connectivity index (χ4v) is 1.41. The van der Waals surface area contributed by atoms with Gasteiger partial charge in [0.1, 0.15) is 6.04 Å². The standard InChI is InChI=1S/C13H14N2O4/c1-2-8-14-11(16)10(15-12(17)13(18)19)9-6-4-3-5-7-9/h2-7,10H,1,8H2,(H,14,16)(H,15,17)(H,18,19). The van der Waals surface area contributed by atoms with E-state index in [1.54, 1.807) is 30.3 Å². The first-order valence-corrected chi connectivity index (χ1v) is 5.53. The van der Waals surface area contributed by atoms with Crippen molar-refractivity contribution in [3.8, 4) is 0 Å². The first-order valence-electron chi connectivity index (χ1n) is 5.53. The van der Waals surface area contributed by atoms with E-state index in [1.165, 1.54) is 6.08 Å². The highest BCUT2D eigenvalue weighted by Gasteiger charge is 2.24. The van der Waals surface area contributed by atoms with Crippen LogP contribution in [0.25, 0.3) is 0 Å². The van der Waals surface area contributed by atoms with Gasteiger partial charge >= 0.3 is 11.9 Å². The molecule has 0 aromatic heterocycles. The van der Waals surface area contributed by atoms with Crippen LogP contribution in [0.3, 0.4) is 0 Å². The number of carbonyl (C=O) groups excluding carboxylic acids is 2. The lowest BCUT2D eigenvalue weighted by atomic mass is 10.1. The molecular formula is C13H14N2O4. The molecule has 1 rings (SSSR count). The number of benzene rings is 1. The van der Waals surface area contributed by atoms with Gasteiger partial charge in [-0.2, -0.15) is 0 Å². The van der Waals surface area contributed by atoms with Crippen LogP contribution in [0.15, 0.2) is 43.0 Å². The second kappa shape index (κ2) is 6.95. The average Bonchev–Trinajstić information content (AvgIpc) is 2.42. The Labute approximate surface area is 110 Å². The van der Waals surface area contributed by atoms with Crippen LogP contribution in [0.1, 0.15) is 11.6 Å². The van der Waals surface area contributed by atoms with Gasteiger partial charge in [0.05, 0.1) is 0 Å². The lowest BCUT2D eigenvalue weighted by molar-refractivity contribution is -0.151. The minimum atomic E-state index is -1.64. The van der Waals surface area contributed by atoms with Crippen molar-refractivity contribution >= 4 is 17.8 Å². The Balaban J connectivity index is 2.91. The number of aliphatic carboxylic acids is 1. The van der Waals surface area contributed by atoms with Crippen molar-refractivity contribution < 1.29 is 19.5 Å². The van der Waals surface area contributed by atoms with Gasteiger partial charge in [-0.15, -0.1) is 6.58 Å². The Morgan fingerprint density at radius 3 is 2.42 bits per heavy atom. The van der Waals surface area contributed by atoms with E-state index in [-0.39, 0.29) is 6.54 Å². The minimum absolute atomic E-state index is 0.227. The van der Waals surface area contributed by atoms with Crippen LogP contribution in [0, 0.1) is 0 Å². The van der Waals surface area contributed by atoms with E-state index in [4.69, 9.17) is 5.11 Å². The van der Waals surface area contributed by atoms with E-state index in [9.17, 15) is 14.4 Å². The minimum Gasteiger partial charge on any atom is -0.474 e. The summed E-state index contributed by atoms with van der Waals surface area (Å²) in [6.07, 6.45) is 1.49. The Morgan fingerprint density at radius 2 is 1.89 bits per heavy atom. The van der Waals surface area contributed by atoms with E-state index in [0.717, 1.165) is 0 Å². The van der Waals surface area contributed by atoms with Crippen LogP contribution >= 0.6 is 0 Å². The van der Waals surface area contributed by atoms with Gasteiger partial charge in [-0.1, -0.05) is 36.4 Å². The summed E-state index contributed by atoms with van der Waals surface area (Å²) in [6.45, 7) is 3.68. The zero-order valence-electron chi connectivity index (χ0n) is 10.1. The number of hydrogen-bond acceptors (Lipinski definition) is 3. The van der Waals surface area contributed by atoms with Crippen LogP contribution < -0.4 is 10.6 Å². The summed E-state index contributed by atoms with van der Waals surface area (Å²) in [5.74, 6) is -3.37. The van der Waals surface area contributed by atoms with E-state index in [2.05, 4.69) is 17.2 Å². The monoisotopic (exact) mass is 262 g/mol. The average molecular weight is 262 g/mol. The van der Waals surface area contributed by atoms with Crippen molar-refractivity contribution in [2.75, 3.05) is 6.54 Å². The Hall–Kier alpha value is -2.63. The largest absolute Gasteiger partial charge is 0.474 e. The van der Waals surface area contributed by atoms with E-state index >= 15 is 0 Å².